The molecule has 7 heteroatoms. The van der Waals surface area contributed by atoms with Crippen LogP contribution in [0.15, 0.2) is 133 Å². The summed E-state index contributed by atoms with van der Waals surface area (Å²) in [6.07, 6.45) is 0. The first-order valence-corrected chi connectivity index (χ1v) is 16.8. The molecule has 2 aliphatic heterocycles. The van der Waals surface area contributed by atoms with E-state index in [2.05, 4.69) is 106 Å². The van der Waals surface area contributed by atoms with Crippen LogP contribution in [0.25, 0.3) is 32.6 Å². The van der Waals surface area contributed by atoms with E-state index in [0.29, 0.717) is 11.0 Å². The predicted molar refractivity (Wildman–Crippen MR) is 201 cm³/mol. The molecule has 3 heterocycles. The van der Waals surface area contributed by atoms with Crippen molar-refractivity contribution in [3.63, 3.8) is 0 Å². The van der Waals surface area contributed by atoms with E-state index in [-0.39, 0.29) is 11.1 Å². The Morgan fingerprint density at radius 2 is 1.06 bits per heavy atom. The summed E-state index contributed by atoms with van der Waals surface area (Å²) in [6, 6.07) is 47.3. The standard InChI is InChI=1S/C44H28FN5O/c1-44(2)32-11-3-5-13-35(32)49(36-14-6-4-12-33(36)44)27-19-21-28-30-23-26(50-37-15-7-9-17-39(37)51-40-18-10-8-16-38(40)50)20-22-29(30)41-42(31(28)24-27)48-43(45)34(25-46)47-41/h3-24H,1-2H3. The van der Waals surface area contributed by atoms with Crippen LogP contribution in [0.5, 0.6) is 11.5 Å². The van der Waals surface area contributed by atoms with Crippen LogP contribution in [0.1, 0.15) is 30.7 Å². The van der Waals surface area contributed by atoms with Crippen LogP contribution in [0.2, 0.25) is 0 Å². The second-order valence-electron chi connectivity index (χ2n) is 13.5. The van der Waals surface area contributed by atoms with Gasteiger partial charge in [-0.3, -0.25) is 0 Å². The van der Waals surface area contributed by atoms with Crippen LogP contribution in [0.4, 0.5) is 38.5 Å². The molecule has 7 aromatic carbocycles. The largest absolute Gasteiger partial charge is 0.453 e. The zero-order valence-corrected chi connectivity index (χ0v) is 27.7. The molecular weight excluding hydrogens is 634 g/mol. The Morgan fingerprint density at radius 3 is 1.67 bits per heavy atom. The number of hydrogen-bond acceptors (Lipinski definition) is 6. The second kappa shape index (κ2) is 10.6. The Bertz CT molecular complexity index is 2730. The molecule has 0 aliphatic carbocycles. The Morgan fingerprint density at radius 1 is 0.569 bits per heavy atom. The molecule has 1 aromatic heterocycles. The maximum atomic E-state index is 15.3. The molecule has 6 nitrogen and oxygen atoms in total. The number of hydrogen-bond donors (Lipinski definition) is 0. The van der Waals surface area contributed by atoms with Gasteiger partial charge in [-0.25, -0.2) is 9.97 Å². The smallest absolute Gasteiger partial charge is 0.250 e. The number of nitriles is 1. The van der Waals surface area contributed by atoms with Crippen molar-refractivity contribution in [1.29, 1.82) is 5.26 Å². The number of aromatic nitrogens is 2. The van der Waals surface area contributed by atoms with E-state index in [0.717, 1.165) is 67.2 Å². The SMILES string of the molecule is CC1(C)c2ccccc2N(c2ccc3c4cc(N5c6ccccc6Oc6ccccc65)ccc4c4nc(C#N)c(F)nc4c3c2)c2ccccc21. The van der Waals surface area contributed by atoms with Gasteiger partial charge in [-0.1, -0.05) is 86.6 Å². The Kier molecular flexibility index (Phi) is 6.07. The van der Waals surface area contributed by atoms with E-state index in [1.807, 2.05) is 66.7 Å². The van der Waals surface area contributed by atoms with Crippen molar-refractivity contribution < 1.29 is 9.13 Å². The molecule has 0 N–H and O–H groups in total. The molecule has 0 spiro atoms. The first-order valence-electron chi connectivity index (χ1n) is 16.8. The second-order valence-corrected chi connectivity index (χ2v) is 13.5. The highest BCUT2D eigenvalue weighted by molar-refractivity contribution is 6.24. The van der Waals surface area contributed by atoms with Crippen molar-refractivity contribution in [2.75, 3.05) is 9.80 Å². The third-order valence-electron chi connectivity index (χ3n) is 10.4. The summed E-state index contributed by atoms with van der Waals surface area (Å²) in [6.45, 7) is 4.52. The number of anilines is 6. The van der Waals surface area contributed by atoms with E-state index in [4.69, 9.17) is 4.74 Å². The van der Waals surface area contributed by atoms with Gasteiger partial charge in [0.2, 0.25) is 5.95 Å². The lowest BCUT2D eigenvalue weighted by Gasteiger charge is -2.42. The van der Waals surface area contributed by atoms with Crippen molar-refractivity contribution in [3.05, 3.63) is 156 Å². The molecule has 8 aromatic rings. The topological polar surface area (TPSA) is 65.3 Å². The normalized spacial score (nSPS) is 14.0. The first-order chi connectivity index (χ1) is 24.9. The summed E-state index contributed by atoms with van der Waals surface area (Å²) < 4.78 is 21.6. The van der Waals surface area contributed by atoms with E-state index in [1.54, 1.807) is 0 Å². The first kappa shape index (κ1) is 29.2. The lowest BCUT2D eigenvalue weighted by molar-refractivity contribution is 0.477. The van der Waals surface area contributed by atoms with Crippen molar-refractivity contribution in [3.8, 4) is 17.6 Å². The number of ether oxygens (including phenoxy) is 1. The Hall–Kier alpha value is -6.78. The van der Waals surface area contributed by atoms with Crippen LogP contribution >= 0.6 is 0 Å². The fraction of sp³-hybridized carbons (Fsp3) is 0.0682. The van der Waals surface area contributed by atoms with Crippen LogP contribution in [-0.2, 0) is 5.41 Å². The summed E-state index contributed by atoms with van der Waals surface area (Å²) in [5, 5.41) is 13.1. The minimum Gasteiger partial charge on any atom is -0.453 e. The average Bonchev–Trinajstić information content (AvgIpc) is 3.17. The third kappa shape index (κ3) is 4.14. The summed E-state index contributed by atoms with van der Waals surface area (Å²) in [5.74, 6) is 0.633. The molecule has 0 radical (unpaired) electrons. The summed E-state index contributed by atoms with van der Waals surface area (Å²) >= 11 is 0. The number of rotatable bonds is 2. The van der Waals surface area contributed by atoms with Gasteiger partial charge in [0.1, 0.15) is 11.6 Å². The minimum atomic E-state index is -0.885. The number of halogens is 1. The number of para-hydroxylation sites is 6. The number of nitrogens with zero attached hydrogens (tertiary/aromatic N) is 5. The van der Waals surface area contributed by atoms with Crippen molar-refractivity contribution >= 4 is 66.7 Å². The lowest BCUT2D eigenvalue weighted by atomic mass is 9.73. The van der Waals surface area contributed by atoms with Crippen LogP contribution in [0.3, 0.4) is 0 Å². The molecule has 51 heavy (non-hydrogen) atoms. The summed E-state index contributed by atoms with van der Waals surface area (Å²) in [7, 11) is 0. The van der Waals surface area contributed by atoms with Crippen LogP contribution in [-0.4, -0.2) is 9.97 Å². The fourth-order valence-corrected chi connectivity index (χ4v) is 7.99. The van der Waals surface area contributed by atoms with E-state index < -0.39 is 5.95 Å². The van der Waals surface area contributed by atoms with Gasteiger partial charge in [0.25, 0.3) is 0 Å². The van der Waals surface area contributed by atoms with Gasteiger partial charge < -0.3 is 14.5 Å². The molecule has 242 valence electrons. The highest BCUT2D eigenvalue weighted by Crippen LogP contribution is 2.53. The molecule has 0 saturated carbocycles. The fourth-order valence-electron chi connectivity index (χ4n) is 7.99. The highest BCUT2D eigenvalue weighted by Gasteiger charge is 2.36. The summed E-state index contributed by atoms with van der Waals surface area (Å²) in [4.78, 5) is 13.4. The number of fused-ring (bicyclic) bond motifs is 10. The van der Waals surface area contributed by atoms with E-state index in [1.165, 1.54) is 11.1 Å². The molecule has 10 rings (SSSR count). The lowest BCUT2D eigenvalue weighted by Crippen LogP contribution is -2.30. The molecule has 0 bridgehead atoms. The van der Waals surface area contributed by atoms with Crippen LogP contribution < -0.4 is 14.5 Å². The van der Waals surface area contributed by atoms with Crippen LogP contribution in [0, 0.1) is 17.3 Å². The maximum absolute atomic E-state index is 15.3. The van der Waals surface area contributed by atoms with Crippen molar-refractivity contribution in [2.45, 2.75) is 19.3 Å². The Labute approximate surface area is 293 Å². The third-order valence-corrected chi connectivity index (χ3v) is 10.4. The molecule has 0 unspecified atom stereocenters. The van der Waals surface area contributed by atoms with Gasteiger partial charge in [0.15, 0.2) is 17.2 Å². The summed E-state index contributed by atoms with van der Waals surface area (Å²) in [5.41, 5.74) is 8.61. The molecule has 0 saturated heterocycles. The molecular formula is C44H28FN5O. The van der Waals surface area contributed by atoms with E-state index in [9.17, 15) is 5.26 Å². The molecule has 0 amide bonds. The van der Waals surface area contributed by atoms with Gasteiger partial charge in [-0.05, 0) is 82.6 Å². The average molecular weight is 662 g/mol. The zero-order chi connectivity index (χ0) is 34.4. The monoisotopic (exact) mass is 661 g/mol. The minimum absolute atomic E-state index is 0.209. The molecule has 2 aliphatic rings. The van der Waals surface area contributed by atoms with E-state index >= 15 is 4.39 Å². The molecule has 0 fully saturated rings. The molecule has 0 atom stereocenters. The number of benzene rings is 7. The zero-order valence-electron chi connectivity index (χ0n) is 27.7. The van der Waals surface area contributed by atoms with Gasteiger partial charge in [-0.15, -0.1) is 0 Å². The quantitative estimate of drug-likeness (QED) is 0.172. The maximum Gasteiger partial charge on any atom is 0.250 e. The Balaban J connectivity index is 1.26. The predicted octanol–water partition coefficient (Wildman–Crippen LogP) is 11.6. The van der Waals surface area contributed by atoms with Gasteiger partial charge >= 0.3 is 0 Å². The van der Waals surface area contributed by atoms with Crippen molar-refractivity contribution in [2.24, 2.45) is 0 Å². The van der Waals surface area contributed by atoms with Gasteiger partial charge in [0.05, 0.1) is 28.3 Å². The van der Waals surface area contributed by atoms with Gasteiger partial charge in [0, 0.05) is 27.6 Å². The van der Waals surface area contributed by atoms with Crippen molar-refractivity contribution in [1.82, 2.24) is 9.97 Å². The van der Waals surface area contributed by atoms with Gasteiger partial charge in [-0.2, -0.15) is 9.65 Å². The highest BCUT2D eigenvalue weighted by atomic mass is 19.1.